The first-order valence-electron chi connectivity index (χ1n) is 7.90. The number of benzene rings is 2. The third-order valence-corrected chi connectivity index (χ3v) is 4.82. The molecule has 0 N–H and O–H groups in total. The Balaban J connectivity index is 1.50. The fraction of sp³-hybridized carbons (Fsp3) is 0.167. The van der Waals surface area contributed by atoms with Gasteiger partial charge in [-0.15, -0.1) is 0 Å². The van der Waals surface area contributed by atoms with E-state index in [2.05, 4.69) is 5.16 Å². The third-order valence-electron chi connectivity index (χ3n) is 4.57. The Morgan fingerprint density at radius 1 is 1.00 bits per heavy atom. The number of hydrogen-bond acceptors (Lipinski definition) is 6. The molecule has 2 amide bonds. The summed E-state index contributed by atoms with van der Waals surface area (Å²) < 4.78 is 10.6. The van der Waals surface area contributed by atoms with Crippen LogP contribution in [0.4, 0.5) is 5.69 Å². The fourth-order valence-electron chi connectivity index (χ4n) is 3.32. The largest absolute Gasteiger partial charge is 0.454 e. The Kier molecular flexibility index (Phi) is 3.20. The summed E-state index contributed by atoms with van der Waals surface area (Å²) in [5.74, 6) is -0.550. The minimum absolute atomic E-state index is 0.114. The molecule has 0 saturated carbocycles. The van der Waals surface area contributed by atoms with Crippen molar-refractivity contribution in [2.45, 2.75) is 6.10 Å². The summed E-state index contributed by atoms with van der Waals surface area (Å²) in [5, 5.41) is 4.54. The second-order valence-electron chi connectivity index (χ2n) is 6.04. The molecule has 3 aliphatic heterocycles. The van der Waals surface area contributed by atoms with Crippen molar-refractivity contribution in [3.8, 4) is 11.5 Å². The maximum absolute atomic E-state index is 13.0. The van der Waals surface area contributed by atoms with Crippen molar-refractivity contribution in [2.75, 3.05) is 11.7 Å². The van der Waals surface area contributed by atoms with Gasteiger partial charge in [0.2, 0.25) is 18.8 Å². The van der Waals surface area contributed by atoms with Crippen LogP contribution in [0.15, 0.2) is 47.6 Å². The van der Waals surface area contributed by atoms with E-state index in [-0.39, 0.29) is 12.7 Å². The van der Waals surface area contributed by atoms with E-state index in [0.717, 1.165) is 4.90 Å². The van der Waals surface area contributed by atoms with Crippen molar-refractivity contribution in [3.05, 3.63) is 53.1 Å². The average molecular weight is 371 g/mol. The summed E-state index contributed by atoms with van der Waals surface area (Å²) in [7, 11) is 0. The summed E-state index contributed by atoms with van der Waals surface area (Å²) >= 11 is 5.91. The van der Waals surface area contributed by atoms with Gasteiger partial charge >= 0.3 is 0 Å². The molecular formula is C18H11ClN2O5. The van der Waals surface area contributed by atoms with Crippen LogP contribution >= 0.6 is 11.6 Å². The Hall–Kier alpha value is -3.06. The molecule has 130 valence electrons. The number of carbonyl (C=O) groups is 2. The average Bonchev–Trinajstić information content (AvgIpc) is 3.33. The highest BCUT2D eigenvalue weighted by Gasteiger charge is 2.56. The number of anilines is 1. The lowest BCUT2D eigenvalue weighted by Crippen LogP contribution is -2.33. The number of rotatable bonds is 2. The zero-order valence-corrected chi connectivity index (χ0v) is 14.0. The van der Waals surface area contributed by atoms with Crippen LogP contribution in [0.2, 0.25) is 5.02 Å². The maximum Gasteiger partial charge on any atom is 0.278 e. The number of nitrogens with zero attached hydrogens (tertiary/aromatic N) is 2. The van der Waals surface area contributed by atoms with Gasteiger partial charge in [0, 0.05) is 16.7 Å². The normalized spacial score (nSPS) is 23.1. The summed E-state index contributed by atoms with van der Waals surface area (Å²) in [6.45, 7) is 0.114. The van der Waals surface area contributed by atoms with E-state index in [1.54, 1.807) is 42.5 Å². The second kappa shape index (κ2) is 5.47. The van der Waals surface area contributed by atoms with Crippen LogP contribution in [0.25, 0.3) is 0 Å². The lowest BCUT2D eigenvalue weighted by atomic mass is 9.94. The zero-order valence-electron chi connectivity index (χ0n) is 13.2. The van der Waals surface area contributed by atoms with Gasteiger partial charge < -0.3 is 14.3 Å². The van der Waals surface area contributed by atoms with E-state index < -0.39 is 17.9 Å². The van der Waals surface area contributed by atoms with Crippen molar-refractivity contribution in [2.24, 2.45) is 11.1 Å². The quantitative estimate of drug-likeness (QED) is 0.758. The smallest absolute Gasteiger partial charge is 0.278 e. The molecule has 0 bridgehead atoms. The molecule has 8 heteroatoms. The highest BCUT2D eigenvalue weighted by molar-refractivity contribution is 6.33. The Bertz CT molecular complexity index is 972. The standard InChI is InChI=1S/C18H11ClN2O5/c19-10-3-1-9(2-4-10)15-14-16(26-20-15)18(23)21(17(14)22)11-5-6-12-13(7-11)25-8-24-12/h1-7,14,16H,8H2/t14-,16+/m1/s1. The van der Waals surface area contributed by atoms with Crippen molar-refractivity contribution >= 4 is 34.8 Å². The molecule has 1 saturated heterocycles. The molecule has 3 heterocycles. The van der Waals surface area contributed by atoms with E-state index in [4.69, 9.17) is 25.9 Å². The van der Waals surface area contributed by atoms with Crippen LogP contribution in [0.3, 0.4) is 0 Å². The molecule has 0 aliphatic carbocycles. The minimum Gasteiger partial charge on any atom is -0.454 e. The number of halogens is 1. The van der Waals surface area contributed by atoms with Crippen LogP contribution in [-0.4, -0.2) is 30.4 Å². The van der Waals surface area contributed by atoms with Crippen molar-refractivity contribution in [1.29, 1.82) is 0 Å². The van der Waals surface area contributed by atoms with Crippen LogP contribution in [-0.2, 0) is 14.4 Å². The van der Waals surface area contributed by atoms with E-state index >= 15 is 0 Å². The van der Waals surface area contributed by atoms with Crippen LogP contribution in [0, 0.1) is 5.92 Å². The highest BCUT2D eigenvalue weighted by atomic mass is 35.5. The molecular weight excluding hydrogens is 360 g/mol. The summed E-state index contributed by atoms with van der Waals surface area (Å²) in [6.07, 6.45) is -0.960. The van der Waals surface area contributed by atoms with Crippen LogP contribution in [0.1, 0.15) is 5.56 Å². The maximum atomic E-state index is 13.0. The van der Waals surface area contributed by atoms with Crippen LogP contribution < -0.4 is 14.4 Å². The predicted molar refractivity (Wildman–Crippen MR) is 91.4 cm³/mol. The Labute approximate surface area is 152 Å². The van der Waals surface area contributed by atoms with E-state index in [1.165, 1.54) is 0 Å². The van der Waals surface area contributed by atoms with E-state index in [9.17, 15) is 9.59 Å². The van der Waals surface area contributed by atoms with E-state index in [1.807, 2.05) is 0 Å². The van der Waals surface area contributed by atoms with Gasteiger partial charge in [-0.05, 0) is 24.3 Å². The monoisotopic (exact) mass is 370 g/mol. The van der Waals surface area contributed by atoms with Gasteiger partial charge in [0.1, 0.15) is 11.6 Å². The molecule has 0 unspecified atom stereocenters. The summed E-state index contributed by atoms with van der Waals surface area (Å²) in [6, 6.07) is 11.8. The molecule has 2 aromatic rings. The van der Waals surface area contributed by atoms with Crippen molar-refractivity contribution < 1.29 is 23.9 Å². The van der Waals surface area contributed by atoms with E-state index in [0.29, 0.717) is 33.5 Å². The molecule has 7 nitrogen and oxygen atoms in total. The topological polar surface area (TPSA) is 77.4 Å². The second-order valence-corrected chi connectivity index (χ2v) is 6.47. The van der Waals surface area contributed by atoms with Crippen LogP contribution in [0.5, 0.6) is 11.5 Å². The van der Waals surface area contributed by atoms with Crippen molar-refractivity contribution in [3.63, 3.8) is 0 Å². The first-order chi connectivity index (χ1) is 12.6. The number of imide groups is 1. The molecule has 0 aromatic heterocycles. The number of carbonyl (C=O) groups excluding carboxylic acids is 2. The van der Waals surface area contributed by atoms with Gasteiger partial charge in [-0.3, -0.25) is 9.59 Å². The molecule has 2 aromatic carbocycles. The lowest BCUT2D eigenvalue weighted by Gasteiger charge is -2.15. The summed E-state index contributed by atoms with van der Waals surface area (Å²) in [4.78, 5) is 32.1. The van der Waals surface area contributed by atoms with Crippen molar-refractivity contribution in [1.82, 2.24) is 0 Å². The van der Waals surface area contributed by atoms with Gasteiger partial charge in [-0.1, -0.05) is 28.9 Å². The molecule has 2 atom stereocenters. The molecule has 0 radical (unpaired) electrons. The number of fused-ring (bicyclic) bond motifs is 2. The number of amides is 2. The van der Waals surface area contributed by atoms with Gasteiger partial charge in [-0.25, -0.2) is 4.90 Å². The lowest BCUT2D eigenvalue weighted by molar-refractivity contribution is -0.126. The first-order valence-corrected chi connectivity index (χ1v) is 8.28. The molecule has 26 heavy (non-hydrogen) atoms. The van der Waals surface area contributed by atoms with Gasteiger partial charge in [0.15, 0.2) is 11.5 Å². The molecule has 0 spiro atoms. The third kappa shape index (κ3) is 2.10. The SMILES string of the molecule is O=C1[C@@H]2C(c3ccc(Cl)cc3)=NO[C@@H]2C(=O)N1c1ccc2c(c1)OCO2. The first kappa shape index (κ1) is 15.2. The number of ether oxygens (including phenoxy) is 2. The molecule has 3 aliphatic rings. The fourth-order valence-corrected chi connectivity index (χ4v) is 3.44. The van der Waals surface area contributed by atoms with Gasteiger partial charge in [0.05, 0.1) is 5.69 Å². The number of hydrogen-bond donors (Lipinski definition) is 0. The minimum atomic E-state index is -0.960. The molecule has 1 fully saturated rings. The van der Waals surface area contributed by atoms with Gasteiger partial charge in [0.25, 0.3) is 5.91 Å². The highest BCUT2D eigenvalue weighted by Crippen LogP contribution is 2.40. The van der Waals surface area contributed by atoms with Gasteiger partial charge in [-0.2, -0.15) is 0 Å². The Morgan fingerprint density at radius 3 is 2.58 bits per heavy atom. The predicted octanol–water partition coefficient (Wildman–Crippen LogP) is 2.36. The zero-order chi connectivity index (χ0) is 17.8. The number of oxime groups is 1. The Morgan fingerprint density at radius 2 is 1.77 bits per heavy atom. The molecule has 5 rings (SSSR count). The summed E-state index contributed by atoms with van der Waals surface area (Å²) in [5.41, 5.74) is 1.53.